The van der Waals surface area contributed by atoms with Gasteiger partial charge < -0.3 is 23.7 Å². The number of aliphatic hydroxyl groups is 1. The summed E-state index contributed by atoms with van der Waals surface area (Å²) in [5.41, 5.74) is 0. The Morgan fingerprint density at radius 3 is 2.19 bits per heavy atom. The molecule has 1 N–H and O–H groups in total. The zero-order valence-corrected chi connectivity index (χ0v) is 15.3. The Morgan fingerprint density at radius 2 is 1.71 bits per heavy atom. The minimum Gasteiger partial charge on any atom is -0.414 e. The van der Waals surface area contributed by atoms with Crippen LogP contribution in [0.3, 0.4) is 0 Å². The summed E-state index contributed by atoms with van der Waals surface area (Å²) in [5.74, 6) is -0.627. The fourth-order valence-electron chi connectivity index (χ4n) is 2.37. The monoisotopic (exact) mass is 318 g/mol. The number of aliphatic hydroxyl groups excluding tert-OH is 1. The van der Waals surface area contributed by atoms with Crippen LogP contribution in [0.25, 0.3) is 0 Å². The third kappa shape index (κ3) is 3.86. The lowest BCUT2D eigenvalue weighted by atomic mass is 10.1. The van der Waals surface area contributed by atoms with Crippen molar-refractivity contribution in [2.45, 2.75) is 83.0 Å². The number of hydrogen-bond acceptors (Lipinski definition) is 5. The molecule has 124 valence electrons. The maximum absolute atomic E-state index is 9.17. The van der Waals surface area contributed by atoms with Crippen molar-refractivity contribution in [2.24, 2.45) is 0 Å². The van der Waals surface area contributed by atoms with Crippen LogP contribution in [0.1, 0.15) is 34.6 Å². The molecular formula is C15H30O5Si. The maximum atomic E-state index is 9.17. The van der Waals surface area contributed by atoms with E-state index < -0.39 is 14.1 Å². The fourth-order valence-corrected chi connectivity index (χ4v) is 3.38. The summed E-state index contributed by atoms with van der Waals surface area (Å²) in [6.45, 7) is 15.5. The molecule has 2 aliphatic heterocycles. The Balaban J connectivity index is 1.97. The first kappa shape index (κ1) is 17.4. The Labute approximate surface area is 129 Å². The summed E-state index contributed by atoms with van der Waals surface area (Å²) in [6.07, 6.45) is -0.509. The molecule has 0 unspecified atom stereocenters. The number of epoxide rings is 1. The van der Waals surface area contributed by atoms with Crippen molar-refractivity contribution < 1.29 is 23.7 Å². The largest absolute Gasteiger partial charge is 0.414 e. The summed E-state index contributed by atoms with van der Waals surface area (Å²) in [5, 5.41) is 9.34. The van der Waals surface area contributed by atoms with Crippen molar-refractivity contribution in [3.8, 4) is 0 Å². The zero-order chi connectivity index (χ0) is 16.1. The molecule has 6 heteroatoms. The Morgan fingerprint density at radius 1 is 1.10 bits per heavy atom. The normalized spacial score (nSPS) is 36.0. The molecule has 0 aromatic rings. The molecule has 0 aromatic carbocycles. The van der Waals surface area contributed by atoms with Crippen molar-refractivity contribution in [1.29, 1.82) is 0 Å². The second-order valence-electron chi connectivity index (χ2n) is 8.03. The molecule has 0 aromatic heterocycles. The highest BCUT2D eigenvalue weighted by molar-refractivity contribution is 6.74. The molecule has 2 saturated heterocycles. The molecule has 0 amide bonds. The molecule has 4 atom stereocenters. The van der Waals surface area contributed by atoms with Gasteiger partial charge in [0.05, 0.1) is 13.2 Å². The molecule has 2 fully saturated rings. The lowest BCUT2D eigenvalue weighted by Crippen LogP contribution is -2.44. The molecule has 2 rings (SSSR count). The average Bonchev–Trinajstić information content (AvgIpc) is 3.03. The summed E-state index contributed by atoms with van der Waals surface area (Å²) in [7, 11) is -1.81. The smallest absolute Gasteiger partial charge is 0.192 e. The molecule has 0 aliphatic carbocycles. The molecular weight excluding hydrogens is 288 g/mol. The van der Waals surface area contributed by atoms with Crippen LogP contribution in [0.5, 0.6) is 0 Å². The van der Waals surface area contributed by atoms with Crippen molar-refractivity contribution >= 4 is 8.32 Å². The first-order valence-electron chi connectivity index (χ1n) is 7.73. The minimum absolute atomic E-state index is 0.0285. The van der Waals surface area contributed by atoms with E-state index in [4.69, 9.17) is 18.6 Å². The fraction of sp³-hybridized carbons (Fsp3) is 1.00. The molecule has 2 heterocycles. The van der Waals surface area contributed by atoms with E-state index >= 15 is 0 Å². The molecule has 0 bridgehead atoms. The van der Waals surface area contributed by atoms with E-state index in [1.165, 1.54) is 0 Å². The van der Waals surface area contributed by atoms with Gasteiger partial charge >= 0.3 is 0 Å². The van der Waals surface area contributed by atoms with Gasteiger partial charge in [-0.15, -0.1) is 0 Å². The van der Waals surface area contributed by atoms with Gasteiger partial charge in [-0.3, -0.25) is 0 Å². The van der Waals surface area contributed by atoms with Gasteiger partial charge in [0.1, 0.15) is 24.4 Å². The highest BCUT2D eigenvalue weighted by Gasteiger charge is 2.55. The second-order valence-corrected chi connectivity index (χ2v) is 12.8. The molecule has 0 spiro atoms. The third-order valence-corrected chi connectivity index (χ3v) is 9.26. The quantitative estimate of drug-likeness (QED) is 0.622. The maximum Gasteiger partial charge on any atom is 0.192 e. The average molecular weight is 318 g/mol. The van der Waals surface area contributed by atoms with Crippen LogP contribution in [-0.2, 0) is 18.6 Å². The Kier molecular flexibility index (Phi) is 4.62. The van der Waals surface area contributed by atoms with E-state index in [-0.39, 0.29) is 36.1 Å². The summed E-state index contributed by atoms with van der Waals surface area (Å²) >= 11 is 0. The Hall–Kier alpha value is 0.0169. The lowest BCUT2D eigenvalue weighted by molar-refractivity contribution is -0.150. The van der Waals surface area contributed by atoms with Crippen molar-refractivity contribution in [1.82, 2.24) is 0 Å². The van der Waals surface area contributed by atoms with Crippen LogP contribution < -0.4 is 0 Å². The number of ether oxygens (including phenoxy) is 3. The SMILES string of the molecule is CC1(C)O[C@@H]([C@@H]2O[C@H]2CO)[C@H](CO[Si](C)(C)C(C)(C)C)O1. The summed E-state index contributed by atoms with van der Waals surface area (Å²) in [6, 6.07) is 0. The molecule has 5 nitrogen and oxygen atoms in total. The predicted molar refractivity (Wildman–Crippen MR) is 82.7 cm³/mol. The number of rotatable bonds is 5. The standard InChI is InChI=1S/C15H30O5Si/c1-14(2,3)21(6,7)17-9-11-13(12-10(8-16)18-12)20-15(4,5)19-11/h10-13,16H,8-9H2,1-7H3/t10-,11-,12+,13+/m0/s1. The minimum atomic E-state index is -1.81. The highest BCUT2D eigenvalue weighted by atomic mass is 28.4. The van der Waals surface area contributed by atoms with E-state index in [0.717, 1.165) is 0 Å². The van der Waals surface area contributed by atoms with Gasteiger partial charge in [-0.25, -0.2) is 0 Å². The molecule has 0 radical (unpaired) electrons. The van der Waals surface area contributed by atoms with Gasteiger partial charge in [0.2, 0.25) is 0 Å². The van der Waals surface area contributed by atoms with E-state index in [9.17, 15) is 5.11 Å². The van der Waals surface area contributed by atoms with Gasteiger partial charge in [0.25, 0.3) is 0 Å². The van der Waals surface area contributed by atoms with Crippen LogP contribution in [0, 0.1) is 0 Å². The van der Waals surface area contributed by atoms with Crippen molar-refractivity contribution in [3.63, 3.8) is 0 Å². The van der Waals surface area contributed by atoms with Gasteiger partial charge in [-0.1, -0.05) is 20.8 Å². The topological polar surface area (TPSA) is 60.5 Å². The Bertz CT molecular complexity index is 377. The first-order valence-corrected chi connectivity index (χ1v) is 10.6. The van der Waals surface area contributed by atoms with Crippen LogP contribution in [-0.4, -0.2) is 56.8 Å². The number of hydrogen-bond donors (Lipinski definition) is 1. The van der Waals surface area contributed by atoms with E-state index in [1.54, 1.807) is 0 Å². The summed E-state index contributed by atoms with van der Waals surface area (Å²) in [4.78, 5) is 0. The molecule has 2 aliphatic rings. The van der Waals surface area contributed by atoms with Crippen LogP contribution >= 0.6 is 0 Å². The zero-order valence-electron chi connectivity index (χ0n) is 14.3. The van der Waals surface area contributed by atoms with Crippen molar-refractivity contribution in [2.75, 3.05) is 13.2 Å². The molecule has 21 heavy (non-hydrogen) atoms. The van der Waals surface area contributed by atoms with Gasteiger partial charge in [-0.05, 0) is 32.0 Å². The third-order valence-electron chi connectivity index (χ3n) is 4.76. The van der Waals surface area contributed by atoms with E-state index in [2.05, 4.69) is 33.9 Å². The van der Waals surface area contributed by atoms with Crippen LogP contribution in [0.15, 0.2) is 0 Å². The highest BCUT2D eigenvalue weighted by Crippen LogP contribution is 2.40. The predicted octanol–water partition coefficient (Wildman–Crippen LogP) is 2.29. The van der Waals surface area contributed by atoms with E-state index in [1.807, 2.05) is 13.8 Å². The second kappa shape index (κ2) is 5.58. The van der Waals surface area contributed by atoms with Gasteiger partial charge in [0, 0.05) is 0 Å². The van der Waals surface area contributed by atoms with E-state index in [0.29, 0.717) is 6.61 Å². The summed E-state index contributed by atoms with van der Waals surface area (Å²) < 4.78 is 23.7. The first-order chi connectivity index (χ1) is 9.47. The van der Waals surface area contributed by atoms with Gasteiger partial charge in [0.15, 0.2) is 14.1 Å². The van der Waals surface area contributed by atoms with Crippen LogP contribution in [0.2, 0.25) is 18.1 Å². The van der Waals surface area contributed by atoms with Crippen molar-refractivity contribution in [3.05, 3.63) is 0 Å². The lowest BCUT2D eigenvalue weighted by Gasteiger charge is -2.37. The molecule has 0 saturated carbocycles. The van der Waals surface area contributed by atoms with Crippen LogP contribution in [0.4, 0.5) is 0 Å². The van der Waals surface area contributed by atoms with Gasteiger partial charge in [-0.2, -0.15) is 0 Å².